The van der Waals surface area contributed by atoms with Gasteiger partial charge < -0.3 is 10.0 Å². The van der Waals surface area contributed by atoms with Crippen LogP contribution < -0.4 is 4.90 Å². The summed E-state index contributed by atoms with van der Waals surface area (Å²) in [5.41, 5.74) is 3.74. The van der Waals surface area contributed by atoms with Crippen LogP contribution in [0.15, 0.2) is 84.9 Å². The van der Waals surface area contributed by atoms with E-state index < -0.39 is 5.60 Å². The lowest BCUT2D eigenvalue weighted by Gasteiger charge is -2.27. The van der Waals surface area contributed by atoms with Gasteiger partial charge in [-0.2, -0.15) is 0 Å². The van der Waals surface area contributed by atoms with Crippen LogP contribution in [0.1, 0.15) is 30.5 Å². The van der Waals surface area contributed by atoms with Gasteiger partial charge in [-0.25, -0.2) is 0 Å². The van der Waals surface area contributed by atoms with Crippen LogP contribution in [-0.2, 0) is 18.7 Å². The highest BCUT2D eigenvalue weighted by Gasteiger charge is 2.17. The Bertz CT molecular complexity index is 750. The third-order valence-electron chi connectivity index (χ3n) is 4.35. The summed E-state index contributed by atoms with van der Waals surface area (Å²) >= 11 is 0. The summed E-state index contributed by atoms with van der Waals surface area (Å²) in [5, 5.41) is 10.4. The molecule has 128 valence electrons. The molecule has 0 aromatic heterocycles. The second-order valence-electron chi connectivity index (χ2n) is 6.94. The van der Waals surface area contributed by atoms with Crippen molar-refractivity contribution in [1.82, 2.24) is 0 Å². The molecule has 0 aliphatic rings. The highest BCUT2D eigenvalue weighted by Crippen LogP contribution is 2.26. The Balaban J connectivity index is 1.93. The van der Waals surface area contributed by atoms with E-state index in [9.17, 15) is 5.11 Å². The summed E-state index contributed by atoms with van der Waals surface area (Å²) in [7, 11) is 0. The van der Waals surface area contributed by atoms with E-state index in [1.807, 2.05) is 38.1 Å². The van der Waals surface area contributed by atoms with Gasteiger partial charge in [0.1, 0.15) is 0 Å². The van der Waals surface area contributed by atoms with Crippen molar-refractivity contribution in [3.63, 3.8) is 0 Å². The van der Waals surface area contributed by atoms with Gasteiger partial charge in [-0.15, -0.1) is 0 Å². The van der Waals surface area contributed by atoms with Crippen molar-refractivity contribution >= 4 is 5.69 Å². The topological polar surface area (TPSA) is 23.5 Å². The van der Waals surface area contributed by atoms with E-state index in [-0.39, 0.29) is 0 Å². The predicted molar refractivity (Wildman–Crippen MR) is 104 cm³/mol. The molecule has 0 saturated carbocycles. The first-order chi connectivity index (χ1) is 12.0. The Labute approximate surface area is 150 Å². The predicted octanol–water partition coefficient (Wildman–Crippen LogP) is 5.12. The third-order valence-corrected chi connectivity index (χ3v) is 4.35. The van der Waals surface area contributed by atoms with Crippen LogP contribution in [0.4, 0.5) is 5.69 Å². The smallest absolute Gasteiger partial charge is 0.0841 e. The molecule has 25 heavy (non-hydrogen) atoms. The average Bonchev–Trinajstić information content (AvgIpc) is 2.62. The average molecular weight is 331 g/mol. The molecular weight excluding hydrogens is 306 g/mol. The molecule has 2 nitrogen and oxygen atoms in total. The molecule has 2 heteroatoms. The van der Waals surface area contributed by atoms with Gasteiger partial charge in [0.05, 0.1) is 5.60 Å². The first-order valence-corrected chi connectivity index (χ1v) is 8.68. The van der Waals surface area contributed by atoms with Crippen LogP contribution in [0.2, 0.25) is 0 Å². The third kappa shape index (κ3) is 4.71. The van der Waals surface area contributed by atoms with Crippen molar-refractivity contribution in [2.45, 2.75) is 32.5 Å². The van der Waals surface area contributed by atoms with Crippen molar-refractivity contribution in [3.8, 4) is 0 Å². The van der Waals surface area contributed by atoms with Crippen LogP contribution >= 0.6 is 0 Å². The van der Waals surface area contributed by atoms with E-state index in [4.69, 9.17) is 0 Å². The summed E-state index contributed by atoms with van der Waals surface area (Å²) in [5.74, 6) is 0. The Morgan fingerprint density at radius 3 is 1.72 bits per heavy atom. The lowest BCUT2D eigenvalue weighted by molar-refractivity contribution is 0.0786. The lowest BCUT2D eigenvalue weighted by Crippen LogP contribution is -2.23. The standard InChI is InChI=1S/C23H25NO/c1-23(2,25)21-14-9-15-22(16-21)24(17-19-10-5-3-6-11-19)18-20-12-7-4-8-13-20/h3-16,25H,17-18H2,1-2H3. The number of rotatable bonds is 6. The maximum Gasteiger partial charge on any atom is 0.0841 e. The van der Waals surface area contributed by atoms with Crippen molar-refractivity contribution < 1.29 is 5.11 Å². The van der Waals surface area contributed by atoms with E-state index in [1.54, 1.807) is 0 Å². The van der Waals surface area contributed by atoms with Crippen molar-refractivity contribution in [1.29, 1.82) is 0 Å². The molecule has 3 rings (SSSR count). The van der Waals surface area contributed by atoms with E-state index in [0.717, 1.165) is 24.3 Å². The summed E-state index contributed by atoms with van der Waals surface area (Å²) < 4.78 is 0. The van der Waals surface area contributed by atoms with E-state index in [2.05, 4.69) is 65.6 Å². The summed E-state index contributed by atoms with van der Waals surface area (Å²) in [6.07, 6.45) is 0. The number of hydrogen-bond donors (Lipinski definition) is 1. The van der Waals surface area contributed by atoms with Gasteiger partial charge in [-0.05, 0) is 42.7 Å². The van der Waals surface area contributed by atoms with Crippen molar-refractivity contribution in [3.05, 3.63) is 102 Å². The summed E-state index contributed by atoms with van der Waals surface area (Å²) in [6.45, 7) is 5.30. The number of aliphatic hydroxyl groups is 1. The molecule has 0 amide bonds. The first kappa shape index (κ1) is 17.2. The van der Waals surface area contributed by atoms with E-state index >= 15 is 0 Å². The molecular formula is C23H25NO. The van der Waals surface area contributed by atoms with Gasteiger partial charge in [0.25, 0.3) is 0 Å². The maximum absolute atomic E-state index is 10.4. The fraction of sp³-hybridized carbons (Fsp3) is 0.217. The Hall–Kier alpha value is -2.58. The zero-order valence-corrected chi connectivity index (χ0v) is 14.9. The van der Waals surface area contributed by atoms with Crippen LogP contribution in [-0.4, -0.2) is 5.11 Å². The largest absolute Gasteiger partial charge is 0.386 e. The molecule has 0 heterocycles. The molecule has 3 aromatic carbocycles. The van der Waals surface area contributed by atoms with E-state index in [0.29, 0.717) is 0 Å². The van der Waals surface area contributed by atoms with Crippen LogP contribution in [0.25, 0.3) is 0 Å². The fourth-order valence-corrected chi connectivity index (χ4v) is 2.93. The minimum Gasteiger partial charge on any atom is -0.386 e. The monoisotopic (exact) mass is 331 g/mol. The highest BCUT2D eigenvalue weighted by molar-refractivity contribution is 5.50. The first-order valence-electron chi connectivity index (χ1n) is 8.68. The molecule has 0 bridgehead atoms. The maximum atomic E-state index is 10.4. The van der Waals surface area contributed by atoms with Gasteiger partial charge in [0, 0.05) is 18.8 Å². The zero-order chi connectivity index (χ0) is 17.7. The molecule has 0 unspecified atom stereocenters. The molecule has 0 saturated heterocycles. The summed E-state index contributed by atoms with van der Waals surface area (Å²) in [6, 6.07) is 29.2. The Kier molecular flexibility index (Phi) is 5.20. The van der Waals surface area contributed by atoms with Gasteiger partial charge in [0.2, 0.25) is 0 Å². The second kappa shape index (κ2) is 7.54. The molecule has 0 atom stereocenters. The number of hydrogen-bond acceptors (Lipinski definition) is 2. The minimum atomic E-state index is -0.846. The van der Waals surface area contributed by atoms with Crippen molar-refractivity contribution in [2.24, 2.45) is 0 Å². The lowest BCUT2D eigenvalue weighted by atomic mass is 9.97. The van der Waals surface area contributed by atoms with Crippen molar-refractivity contribution in [2.75, 3.05) is 4.90 Å². The van der Waals surface area contributed by atoms with Gasteiger partial charge in [-0.1, -0.05) is 72.8 Å². The van der Waals surface area contributed by atoms with Gasteiger partial charge >= 0.3 is 0 Å². The van der Waals surface area contributed by atoms with Gasteiger partial charge in [-0.3, -0.25) is 0 Å². The summed E-state index contributed by atoms with van der Waals surface area (Å²) in [4.78, 5) is 2.35. The zero-order valence-electron chi connectivity index (χ0n) is 14.9. The highest BCUT2D eigenvalue weighted by atomic mass is 16.3. The number of anilines is 1. The van der Waals surface area contributed by atoms with Crippen LogP contribution in [0.5, 0.6) is 0 Å². The van der Waals surface area contributed by atoms with E-state index in [1.165, 1.54) is 11.1 Å². The number of benzene rings is 3. The Morgan fingerprint density at radius 1 is 0.720 bits per heavy atom. The van der Waals surface area contributed by atoms with Gasteiger partial charge in [0.15, 0.2) is 0 Å². The molecule has 3 aromatic rings. The number of nitrogens with zero attached hydrogens (tertiary/aromatic N) is 1. The minimum absolute atomic E-state index is 0.824. The molecule has 0 aliphatic carbocycles. The Morgan fingerprint density at radius 2 is 1.24 bits per heavy atom. The molecule has 0 spiro atoms. The van der Waals surface area contributed by atoms with Crippen LogP contribution in [0, 0.1) is 0 Å². The quantitative estimate of drug-likeness (QED) is 0.677. The SMILES string of the molecule is CC(C)(O)c1cccc(N(Cc2ccccc2)Cc2ccccc2)c1. The normalized spacial score (nSPS) is 11.3. The second-order valence-corrected chi connectivity index (χ2v) is 6.94. The molecule has 0 radical (unpaired) electrons. The molecule has 0 fully saturated rings. The fourth-order valence-electron chi connectivity index (χ4n) is 2.93. The molecule has 1 N–H and O–H groups in total. The van der Waals surface area contributed by atoms with Crippen LogP contribution in [0.3, 0.4) is 0 Å². The molecule has 0 aliphatic heterocycles.